The fourth-order valence-corrected chi connectivity index (χ4v) is 6.03. The lowest BCUT2D eigenvalue weighted by atomic mass is 10.1. The molecule has 1 unspecified atom stereocenters. The van der Waals surface area contributed by atoms with Crippen molar-refractivity contribution in [1.29, 1.82) is 5.26 Å². The average Bonchev–Trinajstić information content (AvgIpc) is 2.62. The molecule has 0 rings (SSSR count). The maximum absolute atomic E-state index is 11.8. The van der Waals surface area contributed by atoms with Crippen LogP contribution in [0.5, 0.6) is 0 Å². The molecule has 0 aliphatic carbocycles. The molecule has 152 valence electrons. The van der Waals surface area contributed by atoms with Crippen LogP contribution in [0.3, 0.4) is 0 Å². The van der Waals surface area contributed by atoms with Crippen LogP contribution in [-0.2, 0) is 19.1 Å². The number of carbonyl (C=O) groups excluding carboxylic acids is 2. The molecule has 0 aliphatic rings. The van der Waals surface area contributed by atoms with Gasteiger partial charge in [-0.05, 0) is 26.0 Å². The summed E-state index contributed by atoms with van der Waals surface area (Å²) in [6.45, 7) is 9.54. The molecule has 0 saturated heterocycles. The lowest BCUT2D eigenvalue weighted by Gasteiger charge is -2.20. The van der Waals surface area contributed by atoms with Gasteiger partial charge in [0.25, 0.3) is 0 Å². The second-order valence-corrected chi connectivity index (χ2v) is 12.1. The van der Waals surface area contributed by atoms with Gasteiger partial charge in [0.15, 0.2) is 0 Å². The van der Waals surface area contributed by atoms with Crippen LogP contribution < -0.4 is 0 Å². The van der Waals surface area contributed by atoms with Crippen LogP contribution in [0.1, 0.15) is 33.6 Å². The van der Waals surface area contributed by atoms with E-state index in [2.05, 4.69) is 12.6 Å². The molecule has 0 radical (unpaired) electrons. The molecule has 0 heterocycles. The molecule has 0 amide bonds. The lowest BCUT2D eigenvalue weighted by Crippen LogP contribution is -2.21. The molecule has 0 bridgehead atoms. The first kappa shape index (κ1) is 26.7. The highest BCUT2D eigenvalue weighted by atomic mass is 33.1. The van der Waals surface area contributed by atoms with Gasteiger partial charge >= 0.3 is 11.9 Å². The Bertz CT molecular complexity index is 564. The summed E-state index contributed by atoms with van der Waals surface area (Å²) in [6, 6.07) is 2.24. The van der Waals surface area contributed by atoms with E-state index >= 15 is 0 Å². The maximum Gasteiger partial charge on any atom is 0.333 e. The van der Waals surface area contributed by atoms with E-state index in [-0.39, 0.29) is 18.4 Å². The molecule has 0 aromatic rings. The number of esters is 2. The van der Waals surface area contributed by atoms with Crippen molar-refractivity contribution >= 4 is 72.8 Å². The predicted molar refractivity (Wildman–Crippen MR) is 123 cm³/mol. The molecule has 0 aromatic carbocycles. The quantitative estimate of drug-likeness (QED) is 0.123. The van der Waals surface area contributed by atoms with Gasteiger partial charge in [-0.15, -0.1) is 11.8 Å². The van der Waals surface area contributed by atoms with Crippen molar-refractivity contribution in [3.8, 4) is 6.07 Å². The molecule has 5 nitrogen and oxygen atoms in total. The van der Waals surface area contributed by atoms with Gasteiger partial charge in [-0.3, -0.25) is 4.79 Å². The number of hydrogen-bond donors (Lipinski definition) is 0. The molecule has 10 heteroatoms. The Morgan fingerprint density at radius 1 is 1.22 bits per heavy atom. The molecule has 0 saturated carbocycles. The molecule has 0 aliphatic heterocycles. The Kier molecular flexibility index (Phi) is 15.4. The summed E-state index contributed by atoms with van der Waals surface area (Å²) in [5, 5.41) is 9.36. The largest absolute Gasteiger partial charge is 0.465 e. The summed E-state index contributed by atoms with van der Waals surface area (Å²) < 4.78 is 10.2. The van der Waals surface area contributed by atoms with Gasteiger partial charge in [0.05, 0.1) is 6.07 Å². The van der Waals surface area contributed by atoms with E-state index < -0.39 is 4.75 Å². The number of carbonyl (C=O) groups is 2. The third-order valence-electron chi connectivity index (χ3n) is 2.87. The second kappa shape index (κ2) is 15.6. The Morgan fingerprint density at radius 3 is 2.33 bits per heavy atom. The minimum atomic E-state index is -0.718. The van der Waals surface area contributed by atoms with Crippen LogP contribution in [0.2, 0.25) is 0 Å². The number of thiocarbonyl (C=S) groups is 1. The van der Waals surface area contributed by atoms with E-state index in [9.17, 15) is 14.9 Å². The lowest BCUT2D eigenvalue weighted by molar-refractivity contribution is -0.143. The number of ether oxygens (including phenoxy) is 2. The van der Waals surface area contributed by atoms with E-state index in [0.29, 0.717) is 36.7 Å². The highest BCUT2D eigenvalue weighted by molar-refractivity contribution is 8.76. The predicted octanol–water partition coefficient (Wildman–Crippen LogP) is 4.86. The van der Waals surface area contributed by atoms with Crippen LogP contribution in [0.4, 0.5) is 0 Å². The maximum atomic E-state index is 11.8. The van der Waals surface area contributed by atoms with Gasteiger partial charge in [-0.25, -0.2) is 4.79 Å². The molecule has 1 atom stereocenters. The summed E-state index contributed by atoms with van der Waals surface area (Å²) in [5.41, 5.74) is 0.386. The molecular weight excluding hydrogens is 443 g/mol. The fraction of sp³-hybridized carbons (Fsp3) is 0.647. The Hall–Kier alpha value is -0.340. The zero-order valence-electron chi connectivity index (χ0n) is 15.8. The number of rotatable bonds is 13. The molecular formula is C17H25NO4S5. The monoisotopic (exact) mass is 467 g/mol. The SMILES string of the molecule is C=C(C)C(=O)OCCSSCCOC(=O)CCC(C)(C#N)SC(=S)SCC. The van der Waals surface area contributed by atoms with Gasteiger partial charge in [0.2, 0.25) is 0 Å². The van der Waals surface area contributed by atoms with Crippen molar-refractivity contribution < 1.29 is 19.1 Å². The van der Waals surface area contributed by atoms with Gasteiger partial charge < -0.3 is 9.47 Å². The Labute approximate surface area is 183 Å². The first-order chi connectivity index (χ1) is 12.7. The van der Waals surface area contributed by atoms with Crippen LogP contribution >= 0.6 is 57.3 Å². The summed E-state index contributed by atoms with van der Waals surface area (Å²) in [6.07, 6.45) is 0.582. The molecule has 0 fully saturated rings. The fourth-order valence-electron chi connectivity index (χ4n) is 1.47. The van der Waals surface area contributed by atoms with Crippen molar-refractivity contribution in [2.24, 2.45) is 0 Å². The van der Waals surface area contributed by atoms with E-state index in [1.165, 1.54) is 23.5 Å². The van der Waals surface area contributed by atoms with Crippen molar-refractivity contribution in [1.82, 2.24) is 0 Å². The summed E-state index contributed by atoms with van der Waals surface area (Å²) in [4.78, 5) is 23.0. The summed E-state index contributed by atoms with van der Waals surface area (Å²) in [5.74, 6) is 1.47. The highest BCUT2D eigenvalue weighted by Gasteiger charge is 2.28. The topological polar surface area (TPSA) is 76.4 Å². The number of nitrogens with zero attached hydrogens (tertiary/aromatic N) is 1. The second-order valence-electron chi connectivity index (χ2n) is 5.41. The minimum Gasteiger partial charge on any atom is -0.465 e. The van der Waals surface area contributed by atoms with Crippen LogP contribution in [0, 0.1) is 11.3 Å². The van der Waals surface area contributed by atoms with E-state index in [1.807, 2.05) is 6.92 Å². The third kappa shape index (κ3) is 14.3. The van der Waals surface area contributed by atoms with Crippen LogP contribution in [-0.4, -0.2) is 50.7 Å². The van der Waals surface area contributed by atoms with E-state index in [4.69, 9.17) is 21.7 Å². The van der Waals surface area contributed by atoms with Crippen LogP contribution in [0.25, 0.3) is 0 Å². The zero-order valence-corrected chi connectivity index (χ0v) is 19.9. The number of nitriles is 1. The first-order valence-corrected chi connectivity index (χ1v) is 12.9. The Balaban J connectivity index is 3.82. The third-order valence-corrected chi connectivity index (χ3v) is 7.85. The van der Waals surface area contributed by atoms with Crippen molar-refractivity contribution in [2.75, 3.05) is 30.5 Å². The normalized spacial score (nSPS) is 12.5. The van der Waals surface area contributed by atoms with Gasteiger partial charge in [-0.2, -0.15) is 5.26 Å². The molecule has 0 spiro atoms. The van der Waals surface area contributed by atoms with Gasteiger partial charge in [0, 0.05) is 23.5 Å². The summed E-state index contributed by atoms with van der Waals surface area (Å²) >= 11 is 8.08. The standard InChI is InChI=1S/C17H25NO4S5/c1-5-24-16(23)27-17(4,12-18)7-6-14(19)21-8-10-25-26-11-9-22-15(20)13(2)3/h2,5-11H2,1,3-4H3. The van der Waals surface area contributed by atoms with Crippen molar-refractivity contribution in [3.05, 3.63) is 12.2 Å². The molecule has 0 N–H and O–H groups in total. The smallest absolute Gasteiger partial charge is 0.333 e. The van der Waals surface area contributed by atoms with Gasteiger partial charge in [-0.1, -0.05) is 59.1 Å². The zero-order chi connectivity index (χ0) is 20.7. The minimum absolute atomic E-state index is 0.186. The average molecular weight is 468 g/mol. The molecule has 0 aromatic heterocycles. The first-order valence-electron chi connectivity index (χ1n) is 8.23. The van der Waals surface area contributed by atoms with Crippen molar-refractivity contribution in [2.45, 2.75) is 38.4 Å². The van der Waals surface area contributed by atoms with E-state index in [0.717, 1.165) is 9.28 Å². The summed E-state index contributed by atoms with van der Waals surface area (Å²) in [7, 11) is 3.09. The van der Waals surface area contributed by atoms with E-state index in [1.54, 1.807) is 35.4 Å². The van der Waals surface area contributed by atoms with Gasteiger partial charge in [0.1, 0.15) is 21.5 Å². The Morgan fingerprint density at radius 2 is 1.81 bits per heavy atom. The van der Waals surface area contributed by atoms with Crippen LogP contribution in [0.15, 0.2) is 12.2 Å². The van der Waals surface area contributed by atoms with Crippen molar-refractivity contribution in [3.63, 3.8) is 0 Å². The number of thioether (sulfide) groups is 2. The number of hydrogen-bond acceptors (Lipinski definition) is 10. The highest BCUT2D eigenvalue weighted by Crippen LogP contribution is 2.34. The molecule has 27 heavy (non-hydrogen) atoms.